The number of benzene rings is 1. The maximum absolute atomic E-state index is 13.8. The summed E-state index contributed by atoms with van der Waals surface area (Å²) in [6.45, 7) is 0.416. The van der Waals surface area contributed by atoms with E-state index in [1.165, 1.54) is 18.2 Å². The van der Waals surface area contributed by atoms with Gasteiger partial charge >= 0.3 is 0 Å². The van der Waals surface area contributed by atoms with Crippen molar-refractivity contribution in [3.63, 3.8) is 0 Å². The van der Waals surface area contributed by atoms with E-state index >= 15 is 0 Å². The van der Waals surface area contributed by atoms with Gasteiger partial charge in [-0.2, -0.15) is 0 Å². The highest BCUT2D eigenvalue weighted by Crippen LogP contribution is 2.18. The largest absolute Gasteiger partial charge is 0.352 e. The fourth-order valence-corrected chi connectivity index (χ4v) is 2.01. The number of hydrogen-bond donors (Lipinski definition) is 3. The maximum atomic E-state index is 13.8. The number of halogens is 1. The summed E-state index contributed by atoms with van der Waals surface area (Å²) < 4.78 is 13.8. The van der Waals surface area contributed by atoms with Crippen molar-refractivity contribution in [2.24, 2.45) is 5.84 Å². The van der Waals surface area contributed by atoms with Gasteiger partial charge in [-0.15, -0.1) is 0 Å². The molecule has 0 radical (unpaired) electrons. The third-order valence-corrected chi connectivity index (χ3v) is 3.24. The van der Waals surface area contributed by atoms with Crippen molar-refractivity contribution in [1.82, 2.24) is 15.6 Å². The third-order valence-electron chi connectivity index (χ3n) is 3.24. The van der Waals surface area contributed by atoms with Gasteiger partial charge in [-0.05, 0) is 38.1 Å². The van der Waals surface area contributed by atoms with E-state index in [9.17, 15) is 14.0 Å². The summed E-state index contributed by atoms with van der Waals surface area (Å²) in [5.41, 5.74) is 2.63. The molecule has 0 heterocycles. The van der Waals surface area contributed by atoms with E-state index in [1.807, 2.05) is 5.43 Å². The predicted octanol–water partition coefficient (Wildman–Crippen LogP) is 0.140. The first-order valence-electron chi connectivity index (χ1n) is 6.77. The molecule has 1 aliphatic rings. The fraction of sp³-hybridized carbons (Fsp3) is 0.429. The summed E-state index contributed by atoms with van der Waals surface area (Å²) in [5.74, 6) is 4.08. The second-order valence-corrected chi connectivity index (χ2v) is 5.29. The van der Waals surface area contributed by atoms with Gasteiger partial charge < -0.3 is 5.32 Å². The van der Waals surface area contributed by atoms with Gasteiger partial charge in [0.2, 0.25) is 5.91 Å². The third kappa shape index (κ3) is 4.51. The van der Waals surface area contributed by atoms with E-state index < -0.39 is 11.7 Å². The van der Waals surface area contributed by atoms with Crippen molar-refractivity contribution in [3.8, 4) is 0 Å². The zero-order valence-corrected chi connectivity index (χ0v) is 11.9. The zero-order chi connectivity index (χ0) is 15.4. The average molecular weight is 294 g/mol. The van der Waals surface area contributed by atoms with Crippen LogP contribution in [0.15, 0.2) is 18.2 Å². The number of hydrogen-bond acceptors (Lipinski definition) is 4. The van der Waals surface area contributed by atoms with E-state index in [1.54, 1.807) is 11.9 Å². The molecular formula is C14H19FN4O2. The quantitative estimate of drug-likeness (QED) is 0.396. The summed E-state index contributed by atoms with van der Waals surface area (Å²) in [6.07, 6.45) is 2.06. The first-order chi connectivity index (χ1) is 9.99. The van der Waals surface area contributed by atoms with Crippen LogP contribution in [0.2, 0.25) is 0 Å². The molecule has 0 aliphatic heterocycles. The van der Waals surface area contributed by atoms with Crippen molar-refractivity contribution in [2.75, 3.05) is 13.6 Å². The minimum atomic E-state index is -0.481. The molecule has 0 spiro atoms. The number of carbonyl (C=O) groups excluding carboxylic acids is 2. The van der Waals surface area contributed by atoms with E-state index in [2.05, 4.69) is 5.32 Å². The van der Waals surface area contributed by atoms with Crippen LogP contribution in [-0.4, -0.2) is 36.3 Å². The molecule has 1 aromatic rings. The van der Waals surface area contributed by atoms with Crippen molar-refractivity contribution in [1.29, 1.82) is 0 Å². The van der Waals surface area contributed by atoms with Crippen molar-refractivity contribution in [2.45, 2.75) is 25.4 Å². The summed E-state index contributed by atoms with van der Waals surface area (Å²) in [7, 11) is 1.72. The maximum Gasteiger partial charge on any atom is 0.265 e. The molecule has 114 valence electrons. The van der Waals surface area contributed by atoms with Crippen molar-refractivity contribution < 1.29 is 14.0 Å². The normalized spacial score (nSPS) is 14.1. The summed E-state index contributed by atoms with van der Waals surface area (Å²) in [5, 5.41) is 2.87. The molecule has 0 aromatic heterocycles. The number of amides is 2. The molecule has 1 fully saturated rings. The van der Waals surface area contributed by atoms with E-state index in [0.29, 0.717) is 11.6 Å². The summed E-state index contributed by atoms with van der Waals surface area (Å²) in [6, 6.07) is 4.32. The molecule has 7 heteroatoms. The molecule has 0 bridgehead atoms. The van der Waals surface area contributed by atoms with Crippen LogP contribution in [0.3, 0.4) is 0 Å². The summed E-state index contributed by atoms with van der Waals surface area (Å²) >= 11 is 0. The van der Waals surface area contributed by atoms with Gasteiger partial charge in [0.1, 0.15) is 5.82 Å². The van der Waals surface area contributed by atoms with E-state index in [0.717, 1.165) is 12.8 Å². The van der Waals surface area contributed by atoms with Gasteiger partial charge in [-0.3, -0.25) is 19.9 Å². The molecule has 2 rings (SSSR count). The lowest BCUT2D eigenvalue weighted by molar-refractivity contribution is -0.122. The number of nitrogens with two attached hydrogens (primary N) is 1. The molecule has 6 nitrogen and oxygen atoms in total. The van der Waals surface area contributed by atoms with Crippen LogP contribution in [0.25, 0.3) is 0 Å². The zero-order valence-electron chi connectivity index (χ0n) is 11.9. The molecule has 4 N–H and O–H groups in total. The first-order valence-corrected chi connectivity index (χ1v) is 6.77. The molecule has 1 aliphatic carbocycles. The van der Waals surface area contributed by atoms with Gasteiger partial charge in [-0.25, -0.2) is 10.2 Å². The Morgan fingerprint density at radius 1 is 1.43 bits per heavy atom. The molecule has 0 saturated heterocycles. The Labute approximate surface area is 122 Å². The minimum Gasteiger partial charge on any atom is -0.352 e. The number of hydrazine groups is 1. The fourth-order valence-electron chi connectivity index (χ4n) is 2.01. The number of nitrogens with one attached hydrogen (secondary N) is 2. The molecule has 0 unspecified atom stereocenters. The second-order valence-electron chi connectivity index (χ2n) is 5.29. The Hall–Kier alpha value is -1.99. The highest BCUT2D eigenvalue weighted by molar-refractivity contribution is 5.93. The monoisotopic (exact) mass is 294 g/mol. The molecule has 2 amide bonds. The van der Waals surface area contributed by atoms with Crippen LogP contribution in [0, 0.1) is 5.82 Å². The first kappa shape index (κ1) is 15.4. The standard InChI is InChI=1S/C14H19FN4O2/c1-19(8-13(20)17-11-3-4-11)7-10-6-9(14(21)18-16)2-5-12(10)15/h2,5-6,11H,3-4,7-8,16H2,1H3,(H,17,20)(H,18,21). The van der Waals surface area contributed by atoms with Crippen LogP contribution in [0.1, 0.15) is 28.8 Å². The Balaban J connectivity index is 1.96. The smallest absolute Gasteiger partial charge is 0.265 e. The van der Waals surface area contributed by atoms with Crippen LogP contribution < -0.4 is 16.6 Å². The number of likely N-dealkylation sites (N-methyl/N-ethyl adjacent to an activating group) is 1. The molecule has 1 aromatic carbocycles. The van der Waals surface area contributed by atoms with Gasteiger partial charge in [0.25, 0.3) is 5.91 Å². The Kier molecular flexibility index (Phi) is 4.87. The molecule has 1 saturated carbocycles. The van der Waals surface area contributed by atoms with Crippen molar-refractivity contribution in [3.05, 3.63) is 35.1 Å². The van der Waals surface area contributed by atoms with Crippen molar-refractivity contribution >= 4 is 11.8 Å². The SMILES string of the molecule is CN(CC(=O)NC1CC1)Cc1cc(C(=O)NN)ccc1F. The van der Waals surface area contributed by atoms with Crippen LogP contribution in [0.5, 0.6) is 0 Å². The number of nitrogens with zero attached hydrogens (tertiary/aromatic N) is 1. The minimum absolute atomic E-state index is 0.0729. The number of nitrogen functional groups attached to an aromatic ring is 1. The lowest BCUT2D eigenvalue weighted by atomic mass is 10.1. The van der Waals surface area contributed by atoms with E-state index in [-0.39, 0.29) is 24.6 Å². The van der Waals surface area contributed by atoms with Gasteiger partial charge in [0.05, 0.1) is 6.54 Å². The topological polar surface area (TPSA) is 87.5 Å². The molecule has 21 heavy (non-hydrogen) atoms. The lowest BCUT2D eigenvalue weighted by Gasteiger charge is -2.17. The molecule has 0 atom stereocenters. The summed E-state index contributed by atoms with van der Waals surface area (Å²) in [4.78, 5) is 24.8. The van der Waals surface area contributed by atoms with Crippen LogP contribution >= 0.6 is 0 Å². The van der Waals surface area contributed by atoms with Gasteiger partial charge in [-0.1, -0.05) is 0 Å². The average Bonchev–Trinajstić information content (AvgIpc) is 3.23. The predicted molar refractivity (Wildman–Crippen MR) is 75.6 cm³/mol. The number of carbonyl (C=O) groups is 2. The van der Waals surface area contributed by atoms with Gasteiger partial charge in [0, 0.05) is 23.7 Å². The number of rotatable bonds is 6. The lowest BCUT2D eigenvalue weighted by Crippen LogP contribution is -2.36. The second kappa shape index (κ2) is 6.64. The Morgan fingerprint density at radius 2 is 2.14 bits per heavy atom. The van der Waals surface area contributed by atoms with Crippen LogP contribution in [0.4, 0.5) is 4.39 Å². The Morgan fingerprint density at radius 3 is 2.76 bits per heavy atom. The highest BCUT2D eigenvalue weighted by atomic mass is 19.1. The Bertz CT molecular complexity index is 546. The van der Waals surface area contributed by atoms with E-state index in [4.69, 9.17) is 5.84 Å². The molecular weight excluding hydrogens is 275 g/mol. The highest BCUT2D eigenvalue weighted by Gasteiger charge is 2.23. The van der Waals surface area contributed by atoms with Crippen LogP contribution in [-0.2, 0) is 11.3 Å². The van der Waals surface area contributed by atoms with Gasteiger partial charge in [0.15, 0.2) is 0 Å².